The zero-order chi connectivity index (χ0) is 13.9. The predicted molar refractivity (Wildman–Crippen MR) is 76.0 cm³/mol. The molecule has 0 saturated heterocycles. The van der Waals surface area contributed by atoms with E-state index in [1.807, 2.05) is 12.3 Å². The van der Waals surface area contributed by atoms with Crippen molar-refractivity contribution in [3.05, 3.63) is 32.9 Å². The number of thiazole rings is 1. The summed E-state index contributed by atoms with van der Waals surface area (Å²) in [6.45, 7) is 2.09. The van der Waals surface area contributed by atoms with E-state index < -0.39 is 10.0 Å². The molecule has 0 fully saturated rings. The van der Waals surface area contributed by atoms with Gasteiger partial charge in [0.05, 0.1) is 16.5 Å². The lowest BCUT2D eigenvalue weighted by Crippen LogP contribution is -2.27. The molecule has 0 radical (unpaired) electrons. The summed E-state index contributed by atoms with van der Waals surface area (Å²) in [5.41, 5.74) is 0. The van der Waals surface area contributed by atoms with Crippen LogP contribution in [0.4, 0.5) is 0 Å². The Balaban J connectivity index is 2.01. The first-order valence-corrected chi connectivity index (χ1v) is 8.84. The molecule has 0 amide bonds. The summed E-state index contributed by atoms with van der Waals surface area (Å²) in [4.78, 5) is 4.99. The first-order chi connectivity index (χ1) is 9.03. The first-order valence-electron chi connectivity index (χ1n) is 5.60. The van der Waals surface area contributed by atoms with E-state index in [2.05, 4.69) is 9.71 Å². The number of hydrogen-bond acceptors (Lipinski definition) is 6. The van der Waals surface area contributed by atoms with Gasteiger partial charge in [0.25, 0.3) is 0 Å². The SMILES string of the molecule is CC(CNS(=O)(=O)c1csc(CO)c1)c1nccs1. The summed E-state index contributed by atoms with van der Waals surface area (Å²) >= 11 is 2.74. The number of rotatable bonds is 6. The van der Waals surface area contributed by atoms with Gasteiger partial charge in [0, 0.05) is 34.3 Å². The lowest BCUT2D eigenvalue weighted by atomic mass is 10.2. The van der Waals surface area contributed by atoms with Crippen LogP contribution < -0.4 is 4.72 Å². The Kier molecular flexibility index (Phi) is 4.69. The predicted octanol–water partition coefficient (Wildman–Crippen LogP) is 1.78. The van der Waals surface area contributed by atoms with Gasteiger partial charge >= 0.3 is 0 Å². The van der Waals surface area contributed by atoms with Crippen molar-refractivity contribution in [1.29, 1.82) is 0 Å². The van der Waals surface area contributed by atoms with Crippen molar-refractivity contribution in [2.45, 2.75) is 24.3 Å². The molecule has 0 saturated carbocycles. The Morgan fingerprint density at radius 2 is 2.26 bits per heavy atom. The third-order valence-electron chi connectivity index (χ3n) is 2.55. The Morgan fingerprint density at radius 3 is 2.84 bits per heavy atom. The second-order valence-electron chi connectivity index (χ2n) is 4.03. The highest BCUT2D eigenvalue weighted by molar-refractivity contribution is 7.89. The molecule has 0 aliphatic heterocycles. The standard InChI is InChI=1S/C11H14N2O3S3/c1-8(11-12-2-3-17-11)5-13-19(15,16)10-4-9(6-14)18-7-10/h2-4,7-8,13-14H,5-6H2,1H3. The number of hydrogen-bond donors (Lipinski definition) is 2. The minimum absolute atomic E-state index is 0.0331. The van der Waals surface area contributed by atoms with Crippen molar-refractivity contribution in [2.24, 2.45) is 0 Å². The first kappa shape index (κ1) is 14.6. The van der Waals surface area contributed by atoms with Gasteiger partial charge in [-0.1, -0.05) is 6.92 Å². The molecule has 1 unspecified atom stereocenters. The van der Waals surface area contributed by atoms with Gasteiger partial charge in [0.15, 0.2) is 0 Å². The molecule has 1 atom stereocenters. The molecule has 0 aliphatic carbocycles. The molecule has 2 heterocycles. The van der Waals surface area contributed by atoms with E-state index in [0.29, 0.717) is 11.4 Å². The van der Waals surface area contributed by atoms with Crippen LogP contribution in [0.25, 0.3) is 0 Å². The minimum atomic E-state index is -3.51. The van der Waals surface area contributed by atoms with Gasteiger partial charge in [-0.15, -0.1) is 22.7 Å². The number of thiophene rings is 1. The van der Waals surface area contributed by atoms with Crippen LogP contribution in [0.3, 0.4) is 0 Å². The van der Waals surface area contributed by atoms with Gasteiger partial charge in [-0.05, 0) is 6.07 Å². The molecule has 8 heteroatoms. The molecule has 0 bridgehead atoms. The van der Waals surface area contributed by atoms with Crippen molar-refractivity contribution in [2.75, 3.05) is 6.54 Å². The van der Waals surface area contributed by atoms with E-state index in [9.17, 15) is 8.42 Å². The fourth-order valence-electron chi connectivity index (χ4n) is 1.47. The number of aromatic nitrogens is 1. The zero-order valence-corrected chi connectivity index (χ0v) is 12.7. The number of nitrogens with one attached hydrogen (secondary N) is 1. The largest absolute Gasteiger partial charge is 0.391 e. The van der Waals surface area contributed by atoms with Crippen LogP contribution in [-0.2, 0) is 16.6 Å². The average molecular weight is 318 g/mol. The maximum atomic E-state index is 12.0. The van der Waals surface area contributed by atoms with E-state index in [4.69, 9.17) is 5.11 Å². The average Bonchev–Trinajstić information content (AvgIpc) is 3.06. The van der Waals surface area contributed by atoms with Gasteiger partial charge in [-0.3, -0.25) is 0 Å². The van der Waals surface area contributed by atoms with Crippen molar-refractivity contribution < 1.29 is 13.5 Å². The number of nitrogens with zero attached hydrogens (tertiary/aromatic N) is 1. The summed E-state index contributed by atoms with van der Waals surface area (Å²) in [5, 5.41) is 13.3. The van der Waals surface area contributed by atoms with Gasteiger partial charge in [0.1, 0.15) is 0 Å². The van der Waals surface area contributed by atoms with Crippen molar-refractivity contribution in [3.8, 4) is 0 Å². The number of aliphatic hydroxyl groups is 1. The Bertz CT molecular complexity index is 619. The maximum absolute atomic E-state index is 12.0. The fourth-order valence-corrected chi connectivity index (χ4v) is 4.43. The highest BCUT2D eigenvalue weighted by atomic mass is 32.2. The molecule has 0 aromatic carbocycles. The second kappa shape index (κ2) is 6.10. The summed E-state index contributed by atoms with van der Waals surface area (Å²) < 4.78 is 26.6. The molecule has 19 heavy (non-hydrogen) atoms. The normalized spacial score (nSPS) is 13.6. The van der Waals surface area contributed by atoms with E-state index in [1.54, 1.807) is 6.20 Å². The third kappa shape index (κ3) is 3.61. The van der Waals surface area contributed by atoms with E-state index in [0.717, 1.165) is 5.01 Å². The summed E-state index contributed by atoms with van der Waals surface area (Å²) in [6, 6.07) is 1.49. The Morgan fingerprint density at radius 1 is 1.47 bits per heavy atom. The molecule has 2 N–H and O–H groups in total. The van der Waals surface area contributed by atoms with Crippen LogP contribution in [0, 0.1) is 0 Å². The molecular formula is C11H14N2O3S3. The van der Waals surface area contributed by atoms with Gasteiger partial charge < -0.3 is 5.11 Å². The van der Waals surface area contributed by atoms with Crippen LogP contribution in [0.2, 0.25) is 0 Å². The minimum Gasteiger partial charge on any atom is -0.391 e. The second-order valence-corrected chi connectivity index (χ2v) is 7.72. The van der Waals surface area contributed by atoms with Crippen molar-refractivity contribution in [3.63, 3.8) is 0 Å². The number of aliphatic hydroxyl groups excluding tert-OH is 1. The maximum Gasteiger partial charge on any atom is 0.241 e. The lowest BCUT2D eigenvalue weighted by molar-refractivity contribution is 0.285. The molecular weight excluding hydrogens is 304 g/mol. The molecule has 0 spiro atoms. The molecule has 5 nitrogen and oxygen atoms in total. The third-order valence-corrected chi connectivity index (χ3v) is 6.03. The summed E-state index contributed by atoms with van der Waals surface area (Å²) in [6.07, 6.45) is 1.71. The quantitative estimate of drug-likeness (QED) is 0.851. The van der Waals surface area contributed by atoms with Crippen LogP contribution >= 0.6 is 22.7 Å². The molecule has 2 aromatic rings. The van der Waals surface area contributed by atoms with Gasteiger partial charge in [-0.25, -0.2) is 18.1 Å². The van der Waals surface area contributed by atoms with Crippen LogP contribution in [0.1, 0.15) is 22.7 Å². The van der Waals surface area contributed by atoms with E-state index in [-0.39, 0.29) is 17.4 Å². The van der Waals surface area contributed by atoms with Crippen LogP contribution in [0.15, 0.2) is 27.9 Å². The van der Waals surface area contributed by atoms with E-state index >= 15 is 0 Å². The Labute approximate surface area is 120 Å². The zero-order valence-electron chi connectivity index (χ0n) is 10.2. The van der Waals surface area contributed by atoms with Crippen LogP contribution in [0.5, 0.6) is 0 Å². The van der Waals surface area contributed by atoms with E-state index in [1.165, 1.54) is 34.1 Å². The smallest absolute Gasteiger partial charge is 0.241 e. The topological polar surface area (TPSA) is 79.3 Å². The van der Waals surface area contributed by atoms with Gasteiger partial charge in [0.2, 0.25) is 10.0 Å². The summed E-state index contributed by atoms with van der Waals surface area (Å²) in [7, 11) is -3.51. The number of sulfonamides is 1. The highest BCUT2D eigenvalue weighted by Crippen LogP contribution is 2.21. The monoisotopic (exact) mass is 318 g/mol. The van der Waals surface area contributed by atoms with Gasteiger partial charge in [-0.2, -0.15) is 0 Å². The summed E-state index contributed by atoms with van der Waals surface area (Å²) in [5.74, 6) is 0.0331. The Hall–Kier alpha value is -0.800. The van der Waals surface area contributed by atoms with Crippen molar-refractivity contribution >= 4 is 32.7 Å². The molecule has 0 aliphatic rings. The molecule has 2 aromatic heterocycles. The van der Waals surface area contributed by atoms with Crippen LogP contribution in [-0.4, -0.2) is 25.1 Å². The lowest BCUT2D eigenvalue weighted by Gasteiger charge is -2.09. The van der Waals surface area contributed by atoms with Crippen molar-refractivity contribution in [1.82, 2.24) is 9.71 Å². The fraction of sp³-hybridized carbons (Fsp3) is 0.364. The highest BCUT2D eigenvalue weighted by Gasteiger charge is 2.18. The molecule has 104 valence electrons. The molecule has 2 rings (SSSR count).